The van der Waals surface area contributed by atoms with Crippen LogP contribution in [0.25, 0.3) is 5.69 Å². The summed E-state index contributed by atoms with van der Waals surface area (Å²) < 4.78 is 1.73. The molecule has 7 nitrogen and oxygen atoms in total. The lowest BCUT2D eigenvalue weighted by Crippen LogP contribution is -2.07. The molecule has 0 unspecified atom stereocenters. The normalized spacial score (nSPS) is 10.8. The molecule has 7 heteroatoms. The molecular formula is C15H14N4O3. The van der Waals surface area contributed by atoms with Crippen molar-refractivity contribution in [3.63, 3.8) is 0 Å². The van der Waals surface area contributed by atoms with Gasteiger partial charge < -0.3 is 19.6 Å². The van der Waals surface area contributed by atoms with Gasteiger partial charge in [0, 0.05) is 29.3 Å². The number of aromatic nitrogens is 4. The molecule has 3 aromatic rings. The number of carbonyl (C=O) groups excluding carboxylic acids is 1. The van der Waals surface area contributed by atoms with E-state index >= 15 is 0 Å². The van der Waals surface area contributed by atoms with Crippen molar-refractivity contribution in [2.75, 3.05) is 0 Å². The summed E-state index contributed by atoms with van der Waals surface area (Å²) in [4.78, 5) is 32.6. The maximum atomic E-state index is 12.4. The summed E-state index contributed by atoms with van der Waals surface area (Å²) in [7, 11) is 0. The van der Waals surface area contributed by atoms with Crippen molar-refractivity contribution < 1.29 is 9.90 Å². The summed E-state index contributed by atoms with van der Waals surface area (Å²) >= 11 is 0. The number of aliphatic hydroxyl groups is 1. The first kappa shape index (κ1) is 14.0. The van der Waals surface area contributed by atoms with E-state index in [2.05, 4.69) is 15.0 Å². The maximum absolute atomic E-state index is 12.4. The number of aryl methyl sites for hydroxylation is 1. The minimum absolute atomic E-state index is 0.169. The Hall–Kier alpha value is -2.93. The smallest absolute Gasteiger partial charge is 0.323 e. The number of nitrogens with one attached hydrogen (secondary N) is 2. The Morgan fingerprint density at radius 1 is 1.27 bits per heavy atom. The van der Waals surface area contributed by atoms with Crippen LogP contribution in [-0.4, -0.2) is 30.4 Å². The Morgan fingerprint density at radius 3 is 2.59 bits per heavy atom. The number of rotatable bonds is 4. The van der Waals surface area contributed by atoms with E-state index in [0.29, 0.717) is 17.1 Å². The molecular weight excluding hydrogens is 284 g/mol. The van der Waals surface area contributed by atoms with Gasteiger partial charge in [0.15, 0.2) is 0 Å². The van der Waals surface area contributed by atoms with Crippen LogP contribution in [0.2, 0.25) is 0 Å². The van der Waals surface area contributed by atoms with Crippen LogP contribution >= 0.6 is 0 Å². The lowest BCUT2D eigenvalue weighted by molar-refractivity contribution is 0.103. The molecule has 2 heterocycles. The highest BCUT2D eigenvalue weighted by Gasteiger charge is 2.15. The summed E-state index contributed by atoms with van der Waals surface area (Å²) in [5.74, 6) is 0.264. The molecule has 0 atom stereocenters. The van der Waals surface area contributed by atoms with Crippen molar-refractivity contribution in [2.24, 2.45) is 0 Å². The van der Waals surface area contributed by atoms with Gasteiger partial charge in [-0.2, -0.15) is 0 Å². The minimum atomic E-state index is -0.400. The predicted molar refractivity (Wildman–Crippen MR) is 79.1 cm³/mol. The van der Waals surface area contributed by atoms with Gasteiger partial charge in [-0.1, -0.05) is 0 Å². The summed E-state index contributed by atoms with van der Waals surface area (Å²) in [6.45, 7) is 1.50. The molecule has 0 saturated heterocycles. The zero-order chi connectivity index (χ0) is 15.7. The third kappa shape index (κ3) is 2.38. The van der Waals surface area contributed by atoms with E-state index in [-0.39, 0.29) is 18.1 Å². The van der Waals surface area contributed by atoms with Crippen molar-refractivity contribution >= 4 is 5.78 Å². The summed E-state index contributed by atoms with van der Waals surface area (Å²) in [6.07, 6.45) is 3.33. The Balaban J connectivity index is 1.93. The van der Waals surface area contributed by atoms with Crippen LogP contribution in [0.1, 0.15) is 27.6 Å². The van der Waals surface area contributed by atoms with E-state index in [1.54, 1.807) is 48.1 Å². The van der Waals surface area contributed by atoms with Crippen LogP contribution in [0, 0.1) is 6.92 Å². The average molecular weight is 298 g/mol. The van der Waals surface area contributed by atoms with Crippen molar-refractivity contribution in [1.82, 2.24) is 19.5 Å². The summed E-state index contributed by atoms with van der Waals surface area (Å²) in [5, 5.41) is 9.22. The van der Waals surface area contributed by atoms with Crippen molar-refractivity contribution in [3.05, 3.63) is 69.9 Å². The number of imidazole rings is 2. The van der Waals surface area contributed by atoms with E-state index in [0.717, 1.165) is 5.69 Å². The first-order valence-corrected chi connectivity index (χ1v) is 6.67. The number of hydrogen-bond acceptors (Lipinski definition) is 4. The van der Waals surface area contributed by atoms with Gasteiger partial charge in [-0.05, 0) is 31.2 Å². The highest BCUT2D eigenvalue weighted by atomic mass is 16.3. The third-order valence-electron chi connectivity index (χ3n) is 3.41. The highest BCUT2D eigenvalue weighted by Crippen LogP contribution is 2.15. The summed E-state index contributed by atoms with van der Waals surface area (Å²) in [5.41, 5.74) is 1.63. The molecule has 0 amide bonds. The van der Waals surface area contributed by atoms with Gasteiger partial charge in [0.05, 0.1) is 0 Å². The molecule has 0 fully saturated rings. The molecule has 0 aliphatic heterocycles. The molecule has 3 rings (SSSR count). The fourth-order valence-electron chi connectivity index (χ4n) is 2.30. The Kier molecular flexibility index (Phi) is 3.48. The number of benzene rings is 1. The van der Waals surface area contributed by atoms with E-state index in [4.69, 9.17) is 0 Å². The molecule has 22 heavy (non-hydrogen) atoms. The van der Waals surface area contributed by atoms with Gasteiger partial charge in [-0.25, -0.2) is 9.78 Å². The molecule has 2 aromatic heterocycles. The molecule has 112 valence electrons. The molecule has 0 bridgehead atoms. The maximum Gasteiger partial charge on any atom is 0.323 e. The van der Waals surface area contributed by atoms with Crippen molar-refractivity contribution in [2.45, 2.75) is 13.5 Å². The second-order valence-electron chi connectivity index (χ2n) is 4.83. The topological polar surface area (TPSA) is 104 Å². The fraction of sp³-hybridized carbons (Fsp3) is 0.133. The van der Waals surface area contributed by atoms with E-state index in [1.807, 2.05) is 0 Å². The molecule has 3 N–H and O–H groups in total. The molecule has 0 radical (unpaired) electrons. The largest absolute Gasteiger partial charge is 0.388 e. The van der Waals surface area contributed by atoms with Gasteiger partial charge in [-0.3, -0.25) is 4.79 Å². The average Bonchev–Trinajstić information content (AvgIpc) is 3.12. The van der Waals surface area contributed by atoms with Crippen molar-refractivity contribution in [3.8, 4) is 5.69 Å². The van der Waals surface area contributed by atoms with Gasteiger partial charge in [-0.15, -0.1) is 0 Å². The molecule has 0 aliphatic carbocycles. The van der Waals surface area contributed by atoms with Gasteiger partial charge in [0.1, 0.15) is 18.1 Å². The zero-order valence-electron chi connectivity index (χ0n) is 11.8. The number of carbonyl (C=O) groups is 1. The predicted octanol–water partition coefficient (Wildman–Crippen LogP) is 0.920. The van der Waals surface area contributed by atoms with E-state index in [9.17, 15) is 14.7 Å². The number of nitrogens with zero attached hydrogens (tertiary/aromatic N) is 2. The van der Waals surface area contributed by atoms with Gasteiger partial charge in [0.2, 0.25) is 5.78 Å². The lowest BCUT2D eigenvalue weighted by atomic mass is 10.1. The minimum Gasteiger partial charge on any atom is -0.388 e. The zero-order valence-corrected chi connectivity index (χ0v) is 11.8. The number of aromatic amines is 2. The van der Waals surface area contributed by atoms with E-state index < -0.39 is 5.69 Å². The second-order valence-corrected chi connectivity index (χ2v) is 4.83. The Labute approximate surface area is 125 Å². The fourth-order valence-corrected chi connectivity index (χ4v) is 2.30. The number of hydrogen-bond donors (Lipinski definition) is 3. The van der Waals surface area contributed by atoms with E-state index in [1.165, 1.54) is 0 Å². The SMILES string of the molecule is Cc1[nH]c(=O)[nH]c1C(=O)c1ccc(-n2ccnc2CO)cc1. The standard InChI is InChI=1S/C15H14N4O3/c1-9-13(18-15(22)17-9)14(21)10-2-4-11(5-3-10)19-7-6-16-12(19)8-20/h2-7,20H,8H2,1H3,(H2,17,18,22). The van der Waals surface area contributed by atoms with Gasteiger partial charge in [0.25, 0.3) is 0 Å². The van der Waals surface area contributed by atoms with Crippen LogP contribution < -0.4 is 5.69 Å². The molecule has 0 spiro atoms. The first-order chi connectivity index (χ1) is 10.6. The van der Waals surface area contributed by atoms with Crippen molar-refractivity contribution in [1.29, 1.82) is 0 Å². The monoisotopic (exact) mass is 298 g/mol. The van der Waals surface area contributed by atoms with Gasteiger partial charge >= 0.3 is 5.69 Å². The molecule has 0 aliphatic rings. The molecule has 1 aromatic carbocycles. The number of aliphatic hydroxyl groups excluding tert-OH is 1. The number of ketones is 1. The Morgan fingerprint density at radius 2 is 2.00 bits per heavy atom. The third-order valence-corrected chi connectivity index (χ3v) is 3.41. The summed E-state index contributed by atoms with van der Waals surface area (Å²) in [6, 6.07) is 6.86. The Bertz CT molecular complexity index is 871. The van der Waals surface area contributed by atoms with Crippen LogP contribution in [0.3, 0.4) is 0 Å². The van der Waals surface area contributed by atoms with Crippen LogP contribution in [-0.2, 0) is 6.61 Å². The second kappa shape index (κ2) is 5.45. The van der Waals surface area contributed by atoms with Crippen LogP contribution in [0.5, 0.6) is 0 Å². The quantitative estimate of drug-likeness (QED) is 0.623. The first-order valence-electron chi connectivity index (χ1n) is 6.67. The van der Waals surface area contributed by atoms with Crippen LogP contribution in [0.4, 0.5) is 0 Å². The highest BCUT2D eigenvalue weighted by molar-refractivity contribution is 6.08. The van der Waals surface area contributed by atoms with Crippen LogP contribution in [0.15, 0.2) is 41.5 Å². The number of H-pyrrole nitrogens is 2. The molecule has 0 saturated carbocycles. The lowest BCUT2D eigenvalue weighted by Gasteiger charge is -2.07.